The van der Waals surface area contributed by atoms with Gasteiger partial charge in [-0.2, -0.15) is 0 Å². The van der Waals surface area contributed by atoms with Crippen molar-refractivity contribution in [2.24, 2.45) is 0 Å². The first-order valence-electron chi connectivity index (χ1n) is 3.87. The minimum absolute atomic E-state index is 0.289. The van der Waals surface area contributed by atoms with Gasteiger partial charge in [-0.3, -0.25) is 0 Å². The molecule has 0 bridgehead atoms. The highest BCUT2D eigenvalue weighted by Gasteiger charge is 1.91. The van der Waals surface area contributed by atoms with Gasteiger partial charge in [-0.05, 0) is 18.5 Å². The number of benzene rings is 1. The largest absolute Gasteiger partial charge is 0.427 e. The Kier molecular flexibility index (Phi) is 3.33. The van der Waals surface area contributed by atoms with Crippen molar-refractivity contribution in [3.8, 4) is 0 Å². The third kappa shape index (κ3) is 2.86. The molecule has 1 nitrogen and oxygen atoms in total. The van der Waals surface area contributed by atoms with E-state index in [9.17, 15) is 0 Å². The monoisotopic (exact) mass is 166 g/mol. The summed E-state index contributed by atoms with van der Waals surface area (Å²) >= 11 is 0. The SMILES string of the molecule is CO[SiH2]Cc1ccc(C)cc1. The average molecular weight is 166 g/mol. The zero-order valence-corrected chi connectivity index (χ0v) is 8.55. The second-order valence-electron chi connectivity index (χ2n) is 2.73. The quantitative estimate of drug-likeness (QED) is 0.614. The smallest absolute Gasteiger partial charge is 0.165 e. The van der Waals surface area contributed by atoms with Gasteiger partial charge in [0.15, 0.2) is 9.76 Å². The van der Waals surface area contributed by atoms with Crippen LogP contribution in [0.1, 0.15) is 11.1 Å². The molecule has 11 heavy (non-hydrogen) atoms. The summed E-state index contributed by atoms with van der Waals surface area (Å²) in [6, 6.07) is 9.82. The summed E-state index contributed by atoms with van der Waals surface area (Å²) in [5.74, 6) is 0. The standard InChI is InChI=1S/C9H14OSi/c1-8-3-5-9(6-4-8)7-11-10-2/h3-6H,7,11H2,1-2H3. The van der Waals surface area contributed by atoms with Gasteiger partial charge in [0.05, 0.1) is 0 Å². The molecule has 0 saturated heterocycles. The molecule has 0 atom stereocenters. The molecule has 0 aliphatic heterocycles. The van der Waals surface area contributed by atoms with E-state index in [0.717, 1.165) is 6.04 Å². The summed E-state index contributed by atoms with van der Waals surface area (Å²) in [6.07, 6.45) is 0. The molecule has 2 heteroatoms. The molecule has 0 fully saturated rings. The van der Waals surface area contributed by atoms with Gasteiger partial charge in [-0.1, -0.05) is 29.8 Å². The lowest BCUT2D eigenvalue weighted by molar-refractivity contribution is 0.441. The van der Waals surface area contributed by atoms with E-state index in [0.29, 0.717) is 0 Å². The Morgan fingerprint density at radius 3 is 2.45 bits per heavy atom. The van der Waals surface area contributed by atoms with E-state index >= 15 is 0 Å². The number of aryl methyl sites for hydroxylation is 1. The summed E-state index contributed by atoms with van der Waals surface area (Å²) in [5.41, 5.74) is 2.73. The van der Waals surface area contributed by atoms with Crippen LogP contribution < -0.4 is 0 Å². The number of hydrogen-bond donors (Lipinski definition) is 0. The Bertz CT molecular complexity index is 205. The van der Waals surface area contributed by atoms with Gasteiger partial charge in [-0.25, -0.2) is 0 Å². The molecule has 1 rings (SSSR count). The predicted molar refractivity (Wildman–Crippen MR) is 50.4 cm³/mol. The van der Waals surface area contributed by atoms with E-state index in [-0.39, 0.29) is 9.76 Å². The topological polar surface area (TPSA) is 9.23 Å². The fraction of sp³-hybridized carbons (Fsp3) is 0.333. The van der Waals surface area contributed by atoms with Gasteiger partial charge in [0.1, 0.15) is 0 Å². The number of rotatable bonds is 3. The highest BCUT2D eigenvalue weighted by atomic mass is 28.2. The Balaban J connectivity index is 2.52. The van der Waals surface area contributed by atoms with Gasteiger partial charge in [0.25, 0.3) is 0 Å². The Morgan fingerprint density at radius 2 is 1.91 bits per heavy atom. The molecule has 0 unspecified atom stereocenters. The zero-order valence-electron chi connectivity index (χ0n) is 7.13. The molecule has 0 saturated carbocycles. The van der Waals surface area contributed by atoms with Crippen molar-refractivity contribution in [2.45, 2.75) is 13.0 Å². The van der Waals surface area contributed by atoms with Gasteiger partial charge in [0, 0.05) is 7.11 Å². The second-order valence-corrected chi connectivity index (χ2v) is 4.21. The van der Waals surface area contributed by atoms with E-state index in [1.165, 1.54) is 11.1 Å². The van der Waals surface area contributed by atoms with Gasteiger partial charge in [0.2, 0.25) is 0 Å². The average Bonchev–Trinajstić information content (AvgIpc) is 2.04. The maximum Gasteiger partial charge on any atom is 0.165 e. The van der Waals surface area contributed by atoms with Crippen LogP contribution in [0.25, 0.3) is 0 Å². The van der Waals surface area contributed by atoms with Crippen LogP contribution in [-0.2, 0) is 10.5 Å². The van der Waals surface area contributed by atoms with Crippen LogP contribution in [0.15, 0.2) is 24.3 Å². The molecular formula is C9H14OSi. The molecule has 0 heterocycles. The van der Waals surface area contributed by atoms with Crippen molar-refractivity contribution in [3.63, 3.8) is 0 Å². The van der Waals surface area contributed by atoms with Crippen LogP contribution in [-0.4, -0.2) is 16.9 Å². The summed E-state index contributed by atoms with van der Waals surface area (Å²) in [5, 5.41) is 0. The Hall–Kier alpha value is -0.603. The number of hydrogen-bond acceptors (Lipinski definition) is 1. The fourth-order valence-electron chi connectivity index (χ4n) is 0.975. The molecule has 1 aromatic rings. The molecule has 0 aromatic heterocycles. The first-order chi connectivity index (χ1) is 5.33. The van der Waals surface area contributed by atoms with Crippen molar-refractivity contribution >= 4 is 9.76 Å². The zero-order chi connectivity index (χ0) is 8.10. The minimum atomic E-state index is -0.289. The lowest BCUT2D eigenvalue weighted by Crippen LogP contribution is -1.98. The van der Waals surface area contributed by atoms with Crippen LogP contribution in [0.3, 0.4) is 0 Å². The fourth-order valence-corrected chi connectivity index (χ4v) is 1.75. The van der Waals surface area contributed by atoms with Gasteiger partial charge in [-0.15, -0.1) is 0 Å². The Morgan fingerprint density at radius 1 is 1.27 bits per heavy atom. The van der Waals surface area contributed by atoms with Gasteiger partial charge >= 0.3 is 0 Å². The molecule has 1 aromatic carbocycles. The molecule has 0 aliphatic rings. The maximum absolute atomic E-state index is 5.11. The van der Waals surface area contributed by atoms with Crippen molar-refractivity contribution < 1.29 is 4.43 Å². The lowest BCUT2D eigenvalue weighted by atomic mass is 10.2. The van der Waals surface area contributed by atoms with Gasteiger partial charge < -0.3 is 4.43 Å². The summed E-state index contributed by atoms with van der Waals surface area (Å²) in [6.45, 7) is 2.11. The van der Waals surface area contributed by atoms with Crippen molar-refractivity contribution in [3.05, 3.63) is 35.4 Å². The molecule has 0 amide bonds. The van der Waals surface area contributed by atoms with Crippen LogP contribution in [0, 0.1) is 6.92 Å². The summed E-state index contributed by atoms with van der Waals surface area (Å²) in [7, 11) is 1.50. The van der Waals surface area contributed by atoms with E-state index in [4.69, 9.17) is 4.43 Å². The van der Waals surface area contributed by atoms with Crippen molar-refractivity contribution in [2.75, 3.05) is 7.11 Å². The third-order valence-electron chi connectivity index (χ3n) is 1.72. The first kappa shape index (κ1) is 8.49. The summed E-state index contributed by atoms with van der Waals surface area (Å²) in [4.78, 5) is 0. The molecular weight excluding hydrogens is 152 g/mol. The van der Waals surface area contributed by atoms with E-state index in [2.05, 4.69) is 31.2 Å². The molecule has 0 aliphatic carbocycles. The molecule has 0 spiro atoms. The third-order valence-corrected chi connectivity index (χ3v) is 2.91. The predicted octanol–water partition coefficient (Wildman–Crippen LogP) is 1.23. The van der Waals surface area contributed by atoms with Crippen LogP contribution >= 0.6 is 0 Å². The molecule has 60 valence electrons. The summed E-state index contributed by atoms with van der Waals surface area (Å²) < 4.78 is 5.11. The molecule has 0 N–H and O–H groups in total. The van der Waals surface area contributed by atoms with E-state index in [1.54, 1.807) is 7.11 Å². The van der Waals surface area contributed by atoms with Crippen molar-refractivity contribution in [1.82, 2.24) is 0 Å². The van der Waals surface area contributed by atoms with Crippen molar-refractivity contribution in [1.29, 1.82) is 0 Å². The lowest BCUT2D eigenvalue weighted by Gasteiger charge is -1.99. The Labute approximate surface area is 70.3 Å². The van der Waals surface area contributed by atoms with E-state index in [1.807, 2.05) is 0 Å². The highest BCUT2D eigenvalue weighted by Crippen LogP contribution is 2.02. The molecule has 0 radical (unpaired) electrons. The minimum Gasteiger partial charge on any atom is -0.427 e. The van der Waals surface area contributed by atoms with Crippen LogP contribution in [0.4, 0.5) is 0 Å². The maximum atomic E-state index is 5.11. The van der Waals surface area contributed by atoms with Crippen LogP contribution in [0.2, 0.25) is 0 Å². The second kappa shape index (κ2) is 4.31. The first-order valence-corrected chi connectivity index (χ1v) is 5.45. The van der Waals surface area contributed by atoms with Crippen LogP contribution in [0.5, 0.6) is 0 Å². The van der Waals surface area contributed by atoms with E-state index < -0.39 is 0 Å². The normalized spacial score (nSPS) is 11.1. The highest BCUT2D eigenvalue weighted by molar-refractivity contribution is 6.26.